The van der Waals surface area contributed by atoms with E-state index < -0.39 is 0 Å². The van der Waals surface area contributed by atoms with Crippen molar-refractivity contribution in [1.82, 2.24) is 4.98 Å². The highest BCUT2D eigenvalue weighted by atomic mass is 16.3. The van der Waals surface area contributed by atoms with Gasteiger partial charge in [-0.2, -0.15) is 0 Å². The average Bonchev–Trinajstić information content (AvgIpc) is 2.45. The summed E-state index contributed by atoms with van der Waals surface area (Å²) in [4.78, 5) is 4.17. The lowest BCUT2D eigenvalue weighted by atomic mass is 10.0. The largest absolute Gasteiger partial charge is 0.505 e. The lowest BCUT2D eigenvalue weighted by molar-refractivity contribution is 0.474. The monoisotopic (exact) mass is 249 g/mol. The molecule has 1 heterocycles. The molecule has 0 amide bonds. The van der Waals surface area contributed by atoms with Crippen molar-refractivity contribution >= 4 is 10.8 Å². The van der Waals surface area contributed by atoms with Gasteiger partial charge >= 0.3 is 0 Å². The number of hydrogen-bond acceptors (Lipinski definition) is 2. The van der Waals surface area contributed by atoms with Crippen molar-refractivity contribution in [3.8, 4) is 5.75 Å². The molecule has 0 aliphatic rings. The molecular weight excluding hydrogens is 234 g/mol. The van der Waals surface area contributed by atoms with Crippen LogP contribution in [-0.2, 0) is 6.42 Å². The van der Waals surface area contributed by atoms with E-state index in [1.54, 1.807) is 6.20 Å². The van der Waals surface area contributed by atoms with E-state index in [0.29, 0.717) is 5.69 Å². The molecule has 2 aromatic carbocycles. The Kier molecular flexibility index (Phi) is 2.92. The van der Waals surface area contributed by atoms with Crippen molar-refractivity contribution in [3.63, 3.8) is 0 Å². The van der Waals surface area contributed by atoms with Crippen LogP contribution in [-0.4, -0.2) is 10.1 Å². The standard InChI is InChI=1S/C17H15NO/c1-12-17(19)16-10-14(7-8-15(16)11-18-12)9-13-5-3-2-4-6-13/h2-8,10-11,19H,9H2,1H3. The zero-order chi connectivity index (χ0) is 13.2. The van der Waals surface area contributed by atoms with Gasteiger partial charge in [0.2, 0.25) is 0 Å². The number of aryl methyl sites for hydroxylation is 1. The third-order valence-corrected chi connectivity index (χ3v) is 3.36. The van der Waals surface area contributed by atoms with Crippen molar-refractivity contribution in [2.24, 2.45) is 0 Å². The summed E-state index contributed by atoms with van der Waals surface area (Å²) in [5.41, 5.74) is 3.14. The summed E-state index contributed by atoms with van der Waals surface area (Å²) < 4.78 is 0. The number of benzene rings is 2. The van der Waals surface area contributed by atoms with Crippen molar-refractivity contribution in [2.45, 2.75) is 13.3 Å². The quantitative estimate of drug-likeness (QED) is 0.748. The maximum absolute atomic E-state index is 10.1. The van der Waals surface area contributed by atoms with Gasteiger partial charge in [-0.05, 0) is 30.5 Å². The molecule has 0 saturated heterocycles. The van der Waals surface area contributed by atoms with Crippen molar-refractivity contribution in [1.29, 1.82) is 0 Å². The van der Waals surface area contributed by atoms with Crippen LogP contribution in [0.2, 0.25) is 0 Å². The summed E-state index contributed by atoms with van der Waals surface area (Å²) in [6.45, 7) is 1.82. The van der Waals surface area contributed by atoms with Gasteiger partial charge in [0.15, 0.2) is 0 Å². The Morgan fingerprint density at radius 2 is 1.79 bits per heavy atom. The molecular formula is C17H15NO. The minimum Gasteiger partial charge on any atom is -0.505 e. The summed E-state index contributed by atoms with van der Waals surface area (Å²) in [5.74, 6) is 0.285. The number of aromatic hydroxyl groups is 1. The van der Waals surface area contributed by atoms with Gasteiger partial charge in [-0.15, -0.1) is 0 Å². The lowest BCUT2D eigenvalue weighted by Crippen LogP contribution is -1.89. The molecule has 0 atom stereocenters. The fourth-order valence-corrected chi connectivity index (χ4v) is 2.29. The molecule has 1 N–H and O–H groups in total. The molecule has 0 fully saturated rings. The zero-order valence-electron chi connectivity index (χ0n) is 10.8. The molecule has 0 aliphatic heterocycles. The number of pyridine rings is 1. The van der Waals surface area contributed by atoms with Crippen molar-refractivity contribution < 1.29 is 5.11 Å². The second-order valence-electron chi connectivity index (χ2n) is 4.78. The highest BCUT2D eigenvalue weighted by Crippen LogP contribution is 2.27. The first-order valence-corrected chi connectivity index (χ1v) is 6.35. The van der Waals surface area contributed by atoms with E-state index in [9.17, 15) is 5.11 Å². The van der Waals surface area contributed by atoms with Crippen LogP contribution in [0.5, 0.6) is 5.75 Å². The Hall–Kier alpha value is -2.35. The molecule has 19 heavy (non-hydrogen) atoms. The maximum Gasteiger partial charge on any atom is 0.144 e. The molecule has 1 aromatic heterocycles. The Labute approximate surface area is 112 Å². The van der Waals surface area contributed by atoms with Crippen LogP contribution in [0.3, 0.4) is 0 Å². The summed E-state index contributed by atoms with van der Waals surface area (Å²) in [5, 5.41) is 11.9. The summed E-state index contributed by atoms with van der Waals surface area (Å²) in [6, 6.07) is 16.5. The number of hydrogen-bond donors (Lipinski definition) is 1. The Morgan fingerprint density at radius 3 is 2.58 bits per heavy atom. The molecule has 2 heteroatoms. The first-order valence-electron chi connectivity index (χ1n) is 6.35. The first kappa shape index (κ1) is 11.7. The number of aromatic nitrogens is 1. The van der Waals surface area contributed by atoms with Gasteiger partial charge in [-0.25, -0.2) is 0 Å². The van der Waals surface area contributed by atoms with E-state index in [2.05, 4.69) is 23.2 Å². The lowest BCUT2D eigenvalue weighted by Gasteiger charge is -2.07. The third kappa shape index (κ3) is 2.29. The number of fused-ring (bicyclic) bond motifs is 1. The topological polar surface area (TPSA) is 33.1 Å². The normalized spacial score (nSPS) is 10.8. The van der Waals surface area contributed by atoms with E-state index in [0.717, 1.165) is 17.2 Å². The molecule has 0 saturated carbocycles. The highest BCUT2D eigenvalue weighted by Gasteiger charge is 2.05. The predicted molar refractivity (Wildman–Crippen MR) is 77.4 cm³/mol. The molecule has 0 aliphatic carbocycles. The summed E-state index contributed by atoms with van der Waals surface area (Å²) >= 11 is 0. The molecule has 3 rings (SSSR count). The van der Waals surface area contributed by atoms with Crippen LogP contribution < -0.4 is 0 Å². The van der Waals surface area contributed by atoms with E-state index in [1.807, 2.05) is 37.3 Å². The first-order chi connectivity index (χ1) is 9.24. The Balaban J connectivity index is 2.04. The van der Waals surface area contributed by atoms with Gasteiger partial charge in [-0.1, -0.05) is 42.5 Å². The molecule has 0 bridgehead atoms. The highest BCUT2D eigenvalue weighted by molar-refractivity contribution is 5.88. The molecule has 0 spiro atoms. The average molecular weight is 249 g/mol. The smallest absolute Gasteiger partial charge is 0.144 e. The Bertz CT molecular complexity index is 720. The molecule has 2 nitrogen and oxygen atoms in total. The Morgan fingerprint density at radius 1 is 1.00 bits per heavy atom. The fourth-order valence-electron chi connectivity index (χ4n) is 2.29. The van der Waals surface area contributed by atoms with Gasteiger partial charge in [0.1, 0.15) is 5.75 Å². The molecule has 0 radical (unpaired) electrons. The van der Waals surface area contributed by atoms with E-state index in [1.165, 1.54) is 11.1 Å². The zero-order valence-corrected chi connectivity index (χ0v) is 10.8. The third-order valence-electron chi connectivity index (χ3n) is 3.36. The van der Waals surface area contributed by atoms with Gasteiger partial charge in [0, 0.05) is 17.0 Å². The van der Waals surface area contributed by atoms with Crippen molar-refractivity contribution in [3.05, 3.63) is 71.5 Å². The van der Waals surface area contributed by atoms with Gasteiger partial charge in [-0.3, -0.25) is 4.98 Å². The van der Waals surface area contributed by atoms with Crippen LogP contribution in [0.15, 0.2) is 54.7 Å². The van der Waals surface area contributed by atoms with Gasteiger partial charge in [0.05, 0.1) is 5.69 Å². The van der Waals surface area contributed by atoms with Crippen molar-refractivity contribution in [2.75, 3.05) is 0 Å². The minimum absolute atomic E-state index is 0.285. The van der Waals surface area contributed by atoms with Crippen LogP contribution in [0, 0.1) is 6.92 Å². The predicted octanol–water partition coefficient (Wildman–Crippen LogP) is 3.84. The number of nitrogens with zero attached hydrogens (tertiary/aromatic N) is 1. The number of rotatable bonds is 2. The summed E-state index contributed by atoms with van der Waals surface area (Å²) in [7, 11) is 0. The second-order valence-corrected chi connectivity index (χ2v) is 4.78. The van der Waals surface area contributed by atoms with Crippen LogP contribution in [0.1, 0.15) is 16.8 Å². The van der Waals surface area contributed by atoms with Crippen LogP contribution in [0.25, 0.3) is 10.8 Å². The van der Waals surface area contributed by atoms with Gasteiger partial charge in [0.25, 0.3) is 0 Å². The van der Waals surface area contributed by atoms with Crippen LogP contribution >= 0.6 is 0 Å². The van der Waals surface area contributed by atoms with Gasteiger partial charge < -0.3 is 5.11 Å². The second kappa shape index (κ2) is 4.73. The summed E-state index contributed by atoms with van der Waals surface area (Å²) in [6.07, 6.45) is 2.67. The SMILES string of the molecule is Cc1ncc2ccc(Cc3ccccc3)cc2c1O. The molecule has 3 aromatic rings. The van der Waals surface area contributed by atoms with Crippen LogP contribution in [0.4, 0.5) is 0 Å². The fraction of sp³-hybridized carbons (Fsp3) is 0.118. The van der Waals surface area contributed by atoms with E-state index in [4.69, 9.17) is 0 Å². The van der Waals surface area contributed by atoms with E-state index in [-0.39, 0.29) is 5.75 Å². The van der Waals surface area contributed by atoms with E-state index >= 15 is 0 Å². The molecule has 0 unspecified atom stereocenters. The molecule has 94 valence electrons. The minimum atomic E-state index is 0.285. The maximum atomic E-state index is 10.1.